The van der Waals surface area contributed by atoms with E-state index in [1.54, 1.807) is 24.3 Å². The zero-order valence-electron chi connectivity index (χ0n) is 12.4. The van der Waals surface area contributed by atoms with Gasteiger partial charge in [-0.15, -0.1) is 0 Å². The van der Waals surface area contributed by atoms with Crippen molar-refractivity contribution in [2.24, 2.45) is 5.92 Å². The number of imide groups is 1. The Labute approximate surface area is 128 Å². The first kappa shape index (κ1) is 16.0. The van der Waals surface area contributed by atoms with Gasteiger partial charge in [-0.3, -0.25) is 14.9 Å². The second-order valence-corrected chi connectivity index (χ2v) is 5.23. The van der Waals surface area contributed by atoms with Gasteiger partial charge in [0.1, 0.15) is 0 Å². The minimum Gasteiger partial charge on any atom is -0.326 e. The molecule has 4 N–H and O–H groups in total. The highest BCUT2D eigenvalue weighted by Gasteiger charge is 2.22. The fourth-order valence-electron chi connectivity index (χ4n) is 2.34. The number of nitrogens with one attached hydrogen (secondary N) is 4. The van der Waals surface area contributed by atoms with Crippen LogP contribution in [0.2, 0.25) is 0 Å². The van der Waals surface area contributed by atoms with Crippen LogP contribution >= 0.6 is 0 Å². The molecule has 1 heterocycles. The highest BCUT2D eigenvalue weighted by Crippen LogP contribution is 2.15. The van der Waals surface area contributed by atoms with E-state index in [9.17, 15) is 14.4 Å². The van der Waals surface area contributed by atoms with Crippen molar-refractivity contribution >= 4 is 29.2 Å². The van der Waals surface area contributed by atoms with Crippen LogP contribution < -0.4 is 21.3 Å². The largest absolute Gasteiger partial charge is 0.326 e. The summed E-state index contributed by atoms with van der Waals surface area (Å²) in [6.07, 6.45) is 1.47. The average molecular weight is 304 g/mol. The van der Waals surface area contributed by atoms with Crippen LogP contribution in [0.4, 0.5) is 16.2 Å². The average Bonchev–Trinajstić information content (AvgIpc) is 2.47. The molecular weight excluding hydrogens is 284 g/mol. The third kappa shape index (κ3) is 4.85. The highest BCUT2D eigenvalue weighted by atomic mass is 16.2. The summed E-state index contributed by atoms with van der Waals surface area (Å²) in [5.74, 6) is -0.572. The Morgan fingerprint density at radius 3 is 2.36 bits per heavy atom. The van der Waals surface area contributed by atoms with Gasteiger partial charge >= 0.3 is 6.03 Å². The van der Waals surface area contributed by atoms with Crippen LogP contribution in [0.1, 0.15) is 19.8 Å². The van der Waals surface area contributed by atoms with E-state index in [2.05, 4.69) is 21.3 Å². The van der Waals surface area contributed by atoms with Crippen molar-refractivity contribution in [2.75, 3.05) is 23.7 Å². The van der Waals surface area contributed by atoms with Crippen molar-refractivity contribution in [1.29, 1.82) is 0 Å². The second-order valence-electron chi connectivity index (χ2n) is 5.23. The molecule has 0 unspecified atom stereocenters. The second kappa shape index (κ2) is 7.56. The first-order valence-electron chi connectivity index (χ1n) is 7.25. The summed E-state index contributed by atoms with van der Waals surface area (Å²) < 4.78 is 0. The predicted octanol–water partition coefficient (Wildman–Crippen LogP) is 1.29. The van der Waals surface area contributed by atoms with Crippen LogP contribution in [0.5, 0.6) is 0 Å². The number of hydrogen-bond acceptors (Lipinski definition) is 4. The van der Waals surface area contributed by atoms with Crippen molar-refractivity contribution in [3.63, 3.8) is 0 Å². The van der Waals surface area contributed by atoms with Crippen LogP contribution in [-0.2, 0) is 9.59 Å². The first-order valence-corrected chi connectivity index (χ1v) is 7.25. The van der Waals surface area contributed by atoms with Gasteiger partial charge in [-0.25, -0.2) is 4.79 Å². The lowest BCUT2D eigenvalue weighted by Crippen LogP contribution is -2.42. The maximum atomic E-state index is 12.0. The van der Waals surface area contributed by atoms with Gasteiger partial charge in [-0.1, -0.05) is 6.07 Å². The summed E-state index contributed by atoms with van der Waals surface area (Å²) in [5, 5.41) is 10.7. The highest BCUT2D eigenvalue weighted by molar-refractivity contribution is 6.02. The fraction of sp³-hybridized carbons (Fsp3) is 0.400. The zero-order chi connectivity index (χ0) is 15.9. The molecule has 1 fully saturated rings. The molecule has 7 nitrogen and oxygen atoms in total. The molecule has 0 aromatic heterocycles. The Morgan fingerprint density at radius 1 is 1.09 bits per heavy atom. The summed E-state index contributed by atoms with van der Waals surface area (Å²) in [6, 6.07) is 6.15. The molecule has 22 heavy (non-hydrogen) atoms. The van der Waals surface area contributed by atoms with Crippen LogP contribution in [0.15, 0.2) is 24.3 Å². The number of carbonyl (C=O) groups is 3. The van der Waals surface area contributed by atoms with Crippen molar-refractivity contribution in [1.82, 2.24) is 10.6 Å². The topological polar surface area (TPSA) is 99.3 Å². The van der Waals surface area contributed by atoms with E-state index >= 15 is 0 Å². The Hall–Kier alpha value is -2.41. The van der Waals surface area contributed by atoms with Gasteiger partial charge in [-0.05, 0) is 44.1 Å². The summed E-state index contributed by atoms with van der Waals surface area (Å²) >= 11 is 0. The summed E-state index contributed by atoms with van der Waals surface area (Å²) in [5.41, 5.74) is 1.08. The third-order valence-corrected chi connectivity index (χ3v) is 3.39. The molecule has 0 aliphatic carbocycles. The fourth-order valence-corrected chi connectivity index (χ4v) is 2.34. The van der Waals surface area contributed by atoms with E-state index in [1.165, 1.54) is 6.92 Å². The maximum absolute atomic E-state index is 12.0. The maximum Gasteiger partial charge on any atom is 0.325 e. The van der Waals surface area contributed by atoms with Crippen molar-refractivity contribution in [3.05, 3.63) is 24.3 Å². The van der Waals surface area contributed by atoms with Crippen molar-refractivity contribution in [2.45, 2.75) is 19.8 Å². The Balaban J connectivity index is 1.88. The van der Waals surface area contributed by atoms with Crippen LogP contribution in [0.3, 0.4) is 0 Å². The molecule has 118 valence electrons. The minimum atomic E-state index is -0.566. The van der Waals surface area contributed by atoms with Gasteiger partial charge in [0.05, 0.1) is 0 Å². The molecule has 1 saturated heterocycles. The van der Waals surface area contributed by atoms with Gasteiger partial charge in [0, 0.05) is 24.2 Å². The lowest BCUT2D eigenvalue weighted by atomic mass is 9.97. The van der Waals surface area contributed by atoms with Crippen molar-refractivity contribution in [3.8, 4) is 0 Å². The van der Waals surface area contributed by atoms with Crippen molar-refractivity contribution < 1.29 is 14.4 Å². The smallest absolute Gasteiger partial charge is 0.325 e. The molecule has 0 saturated carbocycles. The molecule has 4 amide bonds. The lowest BCUT2D eigenvalue weighted by Gasteiger charge is -2.21. The molecule has 1 aliphatic rings. The third-order valence-electron chi connectivity index (χ3n) is 3.39. The minimum absolute atomic E-state index is 0.127. The molecule has 1 aromatic rings. The molecule has 0 bridgehead atoms. The van der Waals surface area contributed by atoms with Gasteiger partial charge in [-0.2, -0.15) is 0 Å². The normalized spacial score (nSPS) is 15.0. The van der Waals surface area contributed by atoms with Crippen LogP contribution in [0, 0.1) is 5.92 Å². The number of amides is 4. The Kier molecular flexibility index (Phi) is 5.48. The van der Waals surface area contributed by atoms with Crippen LogP contribution in [0.25, 0.3) is 0 Å². The van der Waals surface area contributed by atoms with E-state index < -0.39 is 6.03 Å². The quantitative estimate of drug-likeness (QED) is 0.676. The number of anilines is 2. The van der Waals surface area contributed by atoms with E-state index in [4.69, 9.17) is 0 Å². The number of rotatable bonds is 3. The number of carbonyl (C=O) groups excluding carboxylic acids is 3. The van der Waals surface area contributed by atoms with E-state index in [0.29, 0.717) is 11.4 Å². The first-order chi connectivity index (χ1) is 10.5. The summed E-state index contributed by atoms with van der Waals surface area (Å²) in [7, 11) is 0. The van der Waals surface area contributed by atoms with Gasteiger partial charge in [0.2, 0.25) is 11.8 Å². The Morgan fingerprint density at radius 2 is 1.73 bits per heavy atom. The number of hydrogen-bond donors (Lipinski definition) is 4. The lowest BCUT2D eigenvalue weighted by molar-refractivity contribution is -0.124. The molecule has 0 spiro atoms. The zero-order valence-corrected chi connectivity index (χ0v) is 12.4. The van der Waals surface area contributed by atoms with E-state index in [-0.39, 0.29) is 17.7 Å². The molecule has 1 aliphatic heterocycles. The number of benzene rings is 1. The summed E-state index contributed by atoms with van der Waals surface area (Å²) in [6.45, 7) is 2.99. The molecule has 7 heteroatoms. The van der Waals surface area contributed by atoms with Gasteiger partial charge in [0.15, 0.2) is 0 Å². The molecule has 0 radical (unpaired) electrons. The van der Waals surface area contributed by atoms with Crippen LogP contribution in [-0.4, -0.2) is 30.9 Å². The predicted molar refractivity (Wildman–Crippen MR) is 83.5 cm³/mol. The van der Waals surface area contributed by atoms with E-state index in [1.807, 2.05) is 0 Å². The molecule has 0 atom stereocenters. The molecule has 2 rings (SSSR count). The monoisotopic (exact) mass is 304 g/mol. The van der Waals surface area contributed by atoms with E-state index in [0.717, 1.165) is 25.9 Å². The standard InChI is InChI=1S/C15H20N4O3/c1-10(20)17-12-3-2-4-13(9-12)18-15(22)19-14(21)11-5-7-16-8-6-11/h2-4,9,11,16H,5-8H2,1H3,(H,17,20)(H2,18,19,21,22). The SMILES string of the molecule is CC(=O)Nc1cccc(NC(=O)NC(=O)C2CCNCC2)c1. The van der Waals surface area contributed by atoms with Gasteiger partial charge < -0.3 is 16.0 Å². The number of urea groups is 1. The van der Waals surface area contributed by atoms with Gasteiger partial charge in [0.25, 0.3) is 0 Å². The Bertz CT molecular complexity index is 568. The molecule has 1 aromatic carbocycles. The molecular formula is C15H20N4O3. The summed E-state index contributed by atoms with van der Waals surface area (Å²) in [4.78, 5) is 34.8. The number of piperidine rings is 1.